The normalized spacial score (nSPS) is 11.8. The Morgan fingerprint density at radius 2 is 1.90 bits per heavy atom. The molecular weight excluding hydrogens is 270 g/mol. The molecule has 2 aromatic heterocycles. The van der Waals surface area contributed by atoms with Crippen LogP contribution in [0.3, 0.4) is 0 Å². The number of alkyl halides is 1. The van der Waals surface area contributed by atoms with E-state index in [1.807, 2.05) is 24.4 Å². The SMILES string of the molecule is CCC(CC)n1c(CCl)nc2cnc3ccccc3c21. The lowest BCUT2D eigenvalue weighted by Crippen LogP contribution is -2.10. The molecule has 0 aliphatic carbocycles. The van der Waals surface area contributed by atoms with Crippen LogP contribution < -0.4 is 0 Å². The number of nitrogens with zero attached hydrogens (tertiary/aromatic N) is 3. The quantitative estimate of drug-likeness (QED) is 0.652. The molecule has 3 aromatic rings. The number of rotatable bonds is 4. The maximum atomic E-state index is 6.11. The Labute approximate surface area is 123 Å². The topological polar surface area (TPSA) is 30.7 Å². The summed E-state index contributed by atoms with van der Waals surface area (Å²) in [5, 5.41) is 1.15. The number of aromatic nitrogens is 3. The van der Waals surface area contributed by atoms with Gasteiger partial charge in [0, 0.05) is 11.4 Å². The van der Waals surface area contributed by atoms with Gasteiger partial charge in [0.1, 0.15) is 11.3 Å². The first-order valence-corrected chi connectivity index (χ1v) is 7.64. The van der Waals surface area contributed by atoms with Gasteiger partial charge in [-0.25, -0.2) is 4.98 Å². The van der Waals surface area contributed by atoms with Crippen LogP contribution in [0, 0.1) is 0 Å². The molecular formula is C16H18ClN3. The third-order valence-electron chi connectivity index (χ3n) is 3.92. The summed E-state index contributed by atoms with van der Waals surface area (Å²) in [6.45, 7) is 4.42. The molecule has 0 radical (unpaired) electrons. The second kappa shape index (κ2) is 5.41. The van der Waals surface area contributed by atoms with Crippen LogP contribution in [0.1, 0.15) is 38.6 Å². The molecule has 20 heavy (non-hydrogen) atoms. The fraction of sp³-hybridized carbons (Fsp3) is 0.375. The van der Waals surface area contributed by atoms with Crippen molar-refractivity contribution in [3.63, 3.8) is 0 Å². The average Bonchev–Trinajstić information content (AvgIpc) is 2.88. The van der Waals surface area contributed by atoms with Gasteiger partial charge in [-0.1, -0.05) is 32.0 Å². The van der Waals surface area contributed by atoms with Crippen molar-refractivity contribution in [2.75, 3.05) is 0 Å². The molecule has 0 spiro atoms. The highest BCUT2D eigenvalue weighted by molar-refractivity contribution is 6.17. The van der Waals surface area contributed by atoms with E-state index in [-0.39, 0.29) is 0 Å². The zero-order chi connectivity index (χ0) is 14.1. The number of benzene rings is 1. The minimum Gasteiger partial charge on any atom is -0.323 e. The lowest BCUT2D eigenvalue weighted by atomic mass is 10.1. The predicted molar refractivity (Wildman–Crippen MR) is 84.2 cm³/mol. The van der Waals surface area contributed by atoms with Gasteiger partial charge >= 0.3 is 0 Å². The van der Waals surface area contributed by atoms with Crippen LogP contribution in [0.5, 0.6) is 0 Å². The Bertz CT molecular complexity index is 744. The van der Waals surface area contributed by atoms with Crippen molar-refractivity contribution in [3.05, 3.63) is 36.3 Å². The molecule has 1 aromatic carbocycles. The van der Waals surface area contributed by atoms with E-state index in [0.717, 1.165) is 35.1 Å². The molecule has 0 atom stereocenters. The van der Waals surface area contributed by atoms with Gasteiger partial charge in [-0.05, 0) is 18.9 Å². The average molecular weight is 288 g/mol. The number of halogens is 1. The second-order valence-corrected chi connectivity index (χ2v) is 5.28. The van der Waals surface area contributed by atoms with Crippen LogP contribution in [0.15, 0.2) is 30.5 Å². The Balaban J connectivity index is 2.42. The van der Waals surface area contributed by atoms with Crippen molar-refractivity contribution in [3.8, 4) is 0 Å². The standard InChI is InChI=1S/C16H18ClN3/c1-3-11(4-2)20-15(9-17)19-14-10-18-13-8-6-5-7-12(13)16(14)20/h5-8,10-11H,3-4,9H2,1-2H3. The minimum absolute atomic E-state index is 0.430. The lowest BCUT2D eigenvalue weighted by molar-refractivity contribution is 0.473. The van der Waals surface area contributed by atoms with Crippen LogP contribution in [0.25, 0.3) is 21.9 Å². The summed E-state index contributed by atoms with van der Waals surface area (Å²) in [6, 6.07) is 8.65. The van der Waals surface area contributed by atoms with Crippen molar-refractivity contribution < 1.29 is 0 Å². The summed E-state index contributed by atoms with van der Waals surface area (Å²) in [6.07, 6.45) is 4.00. The first-order chi connectivity index (χ1) is 9.80. The van der Waals surface area contributed by atoms with Gasteiger partial charge < -0.3 is 4.57 Å². The van der Waals surface area contributed by atoms with Crippen LogP contribution in [-0.4, -0.2) is 14.5 Å². The number of hydrogen-bond donors (Lipinski definition) is 0. The van der Waals surface area contributed by atoms with E-state index in [4.69, 9.17) is 11.6 Å². The number of para-hydroxylation sites is 1. The number of hydrogen-bond acceptors (Lipinski definition) is 2. The van der Waals surface area contributed by atoms with Gasteiger partial charge in [0.2, 0.25) is 0 Å². The van der Waals surface area contributed by atoms with Crippen LogP contribution in [0.2, 0.25) is 0 Å². The van der Waals surface area contributed by atoms with E-state index in [2.05, 4.69) is 34.4 Å². The zero-order valence-electron chi connectivity index (χ0n) is 11.8. The molecule has 0 saturated heterocycles. The maximum absolute atomic E-state index is 6.11. The molecule has 0 saturated carbocycles. The van der Waals surface area contributed by atoms with E-state index < -0.39 is 0 Å². The highest BCUT2D eigenvalue weighted by atomic mass is 35.5. The smallest absolute Gasteiger partial charge is 0.125 e. The van der Waals surface area contributed by atoms with Gasteiger partial charge in [0.15, 0.2) is 0 Å². The monoisotopic (exact) mass is 287 g/mol. The molecule has 0 N–H and O–H groups in total. The summed E-state index contributed by atoms with van der Waals surface area (Å²) in [5.41, 5.74) is 3.11. The molecule has 3 rings (SSSR count). The van der Waals surface area contributed by atoms with Crippen LogP contribution in [-0.2, 0) is 5.88 Å². The van der Waals surface area contributed by atoms with E-state index in [0.29, 0.717) is 11.9 Å². The van der Waals surface area contributed by atoms with Crippen LogP contribution >= 0.6 is 11.6 Å². The Kier molecular flexibility index (Phi) is 3.62. The largest absolute Gasteiger partial charge is 0.323 e. The summed E-state index contributed by atoms with van der Waals surface area (Å²) in [5.74, 6) is 1.37. The predicted octanol–water partition coefficient (Wildman–Crippen LogP) is 4.68. The Morgan fingerprint density at radius 3 is 2.60 bits per heavy atom. The molecule has 104 valence electrons. The summed E-state index contributed by atoms with van der Waals surface area (Å²) >= 11 is 6.11. The Hall–Kier alpha value is -1.61. The molecule has 0 aliphatic rings. The van der Waals surface area contributed by atoms with Gasteiger partial charge in [0.25, 0.3) is 0 Å². The Morgan fingerprint density at radius 1 is 1.15 bits per heavy atom. The first kappa shape index (κ1) is 13.4. The van der Waals surface area contributed by atoms with Crippen molar-refractivity contribution in [2.45, 2.75) is 38.6 Å². The molecule has 0 bridgehead atoms. The molecule has 3 nitrogen and oxygen atoms in total. The van der Waals surface area contributed by atoms with Gasteiger partial charge in [-0.15, -0.1) is 11.6 Å². The first-order valence-electron chi connectivity index (χ1n) is 7.10. The third-order valence-corrected chi connectivity index (χ3v) is 4.16. The molecule has 0 aliphatic heterocycles. The van der Waals surface area contributed by atoms with Gasteiger partial charge in [-0.3, -0.25) is 4.98 Å². The zero-order valence-corrected chi connectivity index (χ0v) is 12.6. The molecule has 0 fully saturated rings. The number of pyridine rings is 1. The summed E-state index contributed by atoms with van der Waals surface area (Å²) in [7, 11) is 0. The maximum Gasteiger partial charge on any atom is 0.125 e. The summed E-state index contributed by atoms with van der Waals surface area (Å²) in [4.78, 5) is 9.16. The third kappa shape index (κ3) is 1.97. The number of fused-ring (bicyclic) bond motifs is 3. The van der Waals surface area contributed by atoms with E-state index >= 15 is 0 Å². The number of imidazole rings is 1. The fourth-order valence-corrected chi connectivity index (χ4v) is 3.10. The van der Waals surface area contributed by atoms with Crippen molar-refractivity contribution >= 4 is 33.5 Å². The molecule has 2 heterocycles. The highest BCUT2D eigenvalue weighted by Gasteiger charge is 2.18. The molecule has 4 heteroatoms. The van der Waals surface area contributed by atoms with Crippen LogP contribution in [0.4, 0.5) is 0 Å². The highest BCUT2D eigenvalue weighted by Crippen LogP contribution is 2.30. The van der Waals surface area contributed by atoms with Gasteiger partial charge in [-0.2, -0.15) is 0 Å². The van der Waals surface area contributed by atoms with Crippen molar-refractivity contribution in [1.82, 2.24) is 14.5 Å². The second-order valence-electron chi connectivity index (χ2n) is 5.01. The fourth-order valence-electron chi connectivity index (χ4n) is 2.91. The van der Waals surface area contributed by atoms with Crippen molar-refractivity contribution in [2.24, 2.45) is 0 Å². The lowest BCUT2D eigenvalue weighted by Gasteiger charge is -2.18. The van der Waals surface area contributed by atoms with Gasteiger partial charge in [0.05, 0.1) is 23.1 Å². The molecule has 0 unspecified atom stereocenters. The summed E-state index contributed by atoms with van der Waals surface area (Å²) < 4.78 is 2.31. The van der Waals surface area contributed by atoms with E-state index in [9.17, 15) is 0 Å². The molecule has 0 amide bonds. The van der Waals surface area contributed by atoms with E-state index in [1.54, 1.807) is 0 Å². The van der Waals surface area contributed by atoms with Crippen molar-refractivity contribution in [1.29, 1.82) is 0 Å². The van der Waals surface area contributed by atoms with E-state index in [1.165, 1.54) is 5.52 Å². The minimum atomic E-state index is 0.430.